The minimum Gasteiger partial charge on any atom is -0.481 e. The highest BCUT2D eigenvalue weighted by Gasteiger charge is 2.33. The van der Waals surface area contributed by atoms with Crippen molar-refractivity contribution in [1.29, 1.82) is 0 Å². The van der Waals surface area contributed by atoms with Crippen molar-refractivity contribution in [3.8, 4) is 11.1 Å². The van der Waals surface area contributed by atoms with Crippen LogP contribution in [-0.2, 0) is 17.4 Å². The third-order valence-electron chi connectivity index (χ3n) is 6.71. The summed E-state index contributed by atoms with van der Waals surface area (Å²) in [6.07, 6.45) is 1.46. The Kier molecular flexibility index (Phi) is 7.53. The highest BCUT2D eigenvalue weighted by atomic mass is 35.5. The Bertz CT molecular complexity index is 1220. The van der Waals surface area contributed by atoms with Gasteiger partial charge in [0, 0.05) is 39.0 Å². The van der Waals surface area contributed by atoms with E-state index in [4.69, 9.17) is 23.2 Å². The van der Waals surface area contributed by atoms with E-state index in [1.54, 1.807) is 12.1 Å². The maximum Gasteiger partial charge on any atom is 0.416 e. The topological polar surface area (TPSA) is 42.2 Å². The first-order chi connectivity index (χ1) is 16.6. The summed E-state index contributed by atoms with van der Waals surface area (Å²) in [5, 5.41) is 10.6. The van der Waals surface area contributed by atoms with E-state index in [2.05, 4.69) is 4.57 Å². The Labute approximate surface area is 212 Å². The van der Waals surface area contributed by atoms with Gasteiger partial charge >= 0.3 is 12.1 Å². The molecule has 0 amide bonds. The van der Waals surface area contributed by atoms with E-state index in [1.807, 2.05) is 19.2 Å². The van der Waals surface area contributed by atoms with Crippen LogP contribution in [0.2, 0.25) is 10.0 Å². The number of nitrogens with zero attached hydrogens (tertiary/aromatic N) is 1. The maximum atomic E-state index is 13.2. The van der Waals surface area contributed by atoms with Gasteiger partial charge in [-0.15, -0.1) is 0 Å². The number of benzene rings is 2. The molecule has 0 saturated carbocycles. The van der Waals surface area contributed by atoms with Gasteiger partial charge in [0.05, 0.1) is 18.0 Å². The fourth-order valence-corrected chi connectivity index (χ4v) is 5.71. The Balaban J connectivity index is 1.90. The molecule has 186 valence electrons. The second-order valence-corrected chi connectivity index (χ2v) is 9.89. The van der Waals surface area contributed by atoms with Gasteiger partial charge in [-0.25, -0.2) is 0 Å². The van der Waals surface area contributed by atoms with Crippen molar-refractivity contribution in [2.45, 2.75) is 63.6 Å². The first-order valence-electron chi connectivity index (χ1n) is 11.7. The van der Waals surface area contributed by atoms with Crippen LogP contribution < -0.4 is 0 Å². The van der Waals surface area contributed by atoms with Gasteiger partial charge in [-0.3, -0.25) is 4.79 Å². The summed E-state index contributed by atoms with van der Waals surface area (Å²) >= 11 is 12.7. The van der Waals surface area contributed by atoms with Crippen molar-refractivity contribution >= 4 is 29.2 Å². The normalized spacial score (nSPS) is 16.7. The van der Waals surface area contributed by atoms with Gasteiger partial charge in [0.1, 0.15) is 0 Å². The molecule has 0 radical (unpaired) electrons. The van der Waals surface area contributed by atoms with Gasteiger partial charge in [0.2, 0.25) is 0 Å². The molecule has 1 N–H and O–H groups in total. The van der Waals surface area contributed by atoms with Crippen LogP contribution in [0.25, 0.3) is 11.1 Å². The number of hydrogen-bond acceptors (Lipinski definition) is 1. The van der Waals surface area contributed by atoms with E-state index >= 15 is 0 Å². The number of carboxylic acid groups (broad SMARTS) is 1. The largest absolute Gasteiger partial charge is 0.481 e. The zero-order valence-corrected chi connectivity index (χ0v) is 20.7. The number of aromatic nitrogens is 1. The average Bonchev–Trinajstić information content (AvgIpc) is 3.17. The molecule has 0 unspecified atom stereocenters. The summed E-state index contributed by atoms with van der Waals surface area (Å²) in [5.74, 6) is -1.06. The molecular formula is C27H26Cl2F3NO2. The second-order valence-electron chi connectivity index (χ2n) is 9.05. The van der Waals surface area contributed by atoms with Gasteiger partial charge in [-0.05, 0) is 61.1 Å². The summed E-state index contributed by atoms with van der Waals surface area (Å²) < 4.78 is 41.6. The second kappa shape index (κ2) is 10.3. The first-order valence-corrected chi connectivity index (χ1v) is 12.4. The van der Waals surface area contributed by atoms with Crippen LogP contribution in [0.15, 0.2) is 48.7 Å². The molecule has 0 aliphatic heterocycles. The zero-order chi connectivity index (χ0) is 25.3. The summed E-state index contributed by atoms with van der Waals surface area (Å²) in [7, 11) is 0. The van der Waals surface area contributed by atoms with E-state index < -0.39 is 17.7 Å². The van der Waals surface area contributed by atoms with Crippen LogP contribution >= 0.6 is 23.2 Å². The molecule has 4 rings (SSSR count). The fraction of sp³-hybridized carbons (Fsp3) is 0.370. The van der Waals surface area contributed by atoms with E-state index in [-0.39, 0.29) is 18.4 Å². The SMILES string of the molecule is CCC[C@@H](c1ccc(C(F)(F)F)cc1)n1cc(-c2ccc(Cl)cc2Cl)c2c1[C@H](CC(=O)O)CCC2. The standard InChI is InChI=1S/C27H26Cl2F3NO2/c1-2-4-24(16-7-9-18(10-8-16)27(30,31)32)33-15-22(20-12-11-19(28)14-23(20)29)21-6-3-5-17(26(21)33)13-25(34)35/h7-12,14-15,17,24H,2-6,13H2,1H3,(H,34,35)/t17-,24-/m0/s1. The Morgan fingerprint density at radius 1 is 1.14 bits per heavy atom. The predicted molar refractivity (Wildman–Crippen MR) is 132 cm³/mol. The van der Waals surface area contributed by atoms with Crippen LogP contribution in [0.1, 0.15) is 73.4 Å². The van der Waals surface area contributed by atoms with Crippen molar-refractivity contribution in [1.82, 2.24) is 4.57 Å². The van der Waals surface area contributed by atoms with Crippen LogP contribution in [-0.4, -0.2) is 15.6 Å². The summed E-state index contributed by atoms with van der Waals surface area (Å²) in [4.78, 5) is 11.7. The zero-order valence-electron chi connectivity index (χ0n) is 19.2. The predicted octanol–water partition coefficient (Wildman–Crippen LogP) is 8.76. The highest BCUT2D eigenvalue weighted by molar-refractivity contribution is 6.36. The molecule has 35 heavy (non-hydrogen) atoms. The lowest BCUT2D eigenvalue weighted by molar-refractivity contribution is -0.138. The molecule has 3 aromatic rings. The monoisotopic (exact) mass is 523 g/mol. The van der Waals surface area contributed by atoms with E-state index in [0.29, 0.717) is 16.5 Å². The molecule has 1 aliphatic rings. The molecule has 2 atom stereocenters. The third-order valence-corrected chi connectivity index (χ3v) is 7.26. The number of rotatable bonds is 7. The van der Waals surface area contributed by atoms with Gasteiger partial charge in [0.25, 0.3) is 0 Å². The Morgan fingerprint density at radius 3 is 2.46 bits per heavy atom. The number of halogens is 5. The smallest absolute Gasteiger partial charge is 0.416 e. The molecule has 1 heterocycles. The lowest BCUT2D eigenvalue weighted by Gasteiger charge is -2.29. The van der Waals surface area contributed by atoms with Gasteiger partial charge in [-0.1, -0.05) is 54.7 Å². The molecular weight excluding hydrogens is 498 g/mol. The highest BCUT2D eigenvalue weighted by Crippen LogP contribution is 2.45. The van der Waals surface area contributed by atoms with E-state index in [0.717, 1.165) is 65.8 Å². The maximum absolute atomic E-state index is 13.2. The van der Waals surface area contributed by atoms with Crippen molar-refractivity contribution in [3.63, 3.8) is 0 Å². The summed E-state index contributed by atoms with van der Waals surface area (Å²) in [5.41, 5.74) is 3.79. The van der Waals surface area contributed by atoms with Crippen LogP contribution in [0.4, 0.5) is 13.2 Å². The molecule has 0 spiro atoms. The Morgan fingerprint density at radius 2 is 1.86 bits per heavy atom. The summed E-state index contributed by atoms with van der Waals surface area (Å²) in [6, 6.07) is 10.4. The average molecular weight is 524 g/mol. The van der Waals surface area contributed by atoms with Gasteiger partial charge in [-0.2, -0.15) is 13.2 Å². The first kappa shape index (κ1) is 25.6. The Hall–Kier alpha value is -2.44. The minimum atomic E-state index is -4.41. The molecule has 8 heteroatoms. The van der Waals surface area contributed by atoms with Crippen LogP contribution in [0, 0.1) is 0 Å². The van der Waals surface area contributed by atoms with Crippen molar-refractivity contribution in [3.05, 3.63) is 81.1 Å². The van der Waals surface area contributed by atoms with Crippen LogP contribution in [0.5, 0.6) is 0 Å². The van der Waals surface area contributed by atoms with Gasteiger partial charge < -0.3 is 9.67 Å². The molecule has 3 nitrogen and oxygen atoms in total. The molecule has 0 saturated heterocycles. The number of hydrogen-bond donors (Lipinski definition) is 1. The molecule has 0 fully saturated rings. The lowest BCUT2D eigenvalue weighted by Crippen LogP contribution is -2.20. The van der Waals surface area contributed by atoms with Crippen molar-refractivity contribution in [2.24, 2.45) is 0 Å². The van der Waals surface area contributed by atoms with E-state index in [9.17, 15) is 23.1 Å². The summed E-state index contributed by atoms with van der Waals surface area (Å²) in [6.45, 7) is 2.03. The number of fused-ring (bicyclic) bond motifs is 1. The van der Waals surface area contributed by atoms with Crippen molar-refractivity contribution < 1.29 is 23.1 Å². The third kappa shape index (κ3) is 5.39. The van der Waals surface area contributed by atoms with Gasteiger partial charge in [0.15, 0.2) is 0 Å². The number of carbonyl (C=O) groups is 1. The molecule has 0 bridgehead atoms. The number of aliphatic carboxylic acids is 1. The molecule has 1 aromatic heterocycles. The lowest BCUT2D eigenvalue weighted by atomic mass is 9.83. The van der Waals surface area contributed by atoms with Crippen molar-refractivity contribution in [2.75, 3.05) is 0 Å². The molecule has 1 aliphatic carbocycles. The fourth-order valence-electron chi connectivity index (χ4n) is 5.20. The molecule has 2 aromatic carbocycles. The number of carboxylic acids is 1. The van der Waals surface area contributed by atoms with E-state index in [1.165, 1.54) is 12.1 Å². The van der Waals surface area contributed by atoms with Crippen LogP contribution in [0.3, 0.4) is 0 Å². The number of alkyl halides is 3. The minimum absolute atomic E-state index is 0.00331. The quantitative estimate of drug-likeness (QED) is 0.336.